The number of nitrogen functional groups attached to an aromatic ring is 1. The predicted molar refractivity (Wildman–Crippen MR) is 75.1 cm³/mol. The fraction of sp³-hybridized carbons (Fsp3) is 0.333. The van der Waals surface area contributed by atoms with E-state index in [1.165, 1.54) is 17.7 Å². The Hall–Kier alpha value is -1.33. The third-order valence-corrected chi connectivity index (χ3v) is 4.01. The first-order valence-corrected chi connectivity index (χ1v) is 7.03. The average Bonchev–Trinajstić information content (AvgIpc) is 3.10. The molecule has 0 aliphatic heterocycles. The smallest absolute Gasteiger partial charge is 0.136 e. The van der Waals surface area contributed by atoms with Crippen molar-refractivity contribution in [2.24, 2.45) is 0 Å². The third-order valence-electron chi connectivity index (χ3n) is 2.78. The van der Waals surface area contributed by atoms with Gasteiger partial charge in [-0.1, -0.05) is 11.6 Å². The van der Waals surface area contributed by atoms with E-state index >= 15 is 0 Å². The zero-order valence-electron chi connectivity index (χ0n) is 9.69. The Bertz CT molecular complexity index is 565. The Morgan fingerprint density at radius 1 is 1.39 bits per heavy atom. The quantitative estimate of drug-likeness (QED) is 0.902. The molecule has 94 valence electrons. The number of nitrogens with two attached hydrogens (primary N) is 1. The van der Waals surface area contributed by atoms with E-state index < -0.39 is 0 Å². The van der Waals surface area contributed by atoms with E-state index in [1.54, 1.807) is 17.4 Å². The van der Waals surface area contributed by atoms with E-state index in [4.69, 9.17) is 17.3 Å². The van der Waals surface area contributed by atoms with Crippen molar-refractivity contribution >= 4 is 34.6 Å². The molecular weight excluding hydrogens is 268 g/mol. The summed E-state index contributed by atoms with van der Waals surface area (Å²) in [6, 6.07) is 5.67. The molecule has 1 saturated carbocycles. The van der Waals surface area contributed by atoms with Crippen LogP contribution >= 0.6 is 22.9 Å². The Morgan fingerprint density at radius 3 is 2.89 bits per heavy atom. The third kappa shape index (κ3) is 2.73. The molecule has 6 heteroatoms. The van der Waals surface area contributed by atoms with Crippen LogP contribution in [0.5, 0.6) is 0 Å². The fourth-order valence-corrected chi connectivity index (χ4v) is 2.75. The minimum atomic E-state index is 0.505. The van der Waals surface area contributed by atoms with Crippen LogP contribution in [-0.4, -0.2) is 9.97 Å². The molecule has 18 heavy (non-hydrogen) atoms. The van der Waals surface area contributed by atoms with Gasteiger partial charge in [-0.15, -0.1) is 11.3 Å². The summed E-state index contributed by atoms with van der Waals surface area (Å²) < 4.78 is 0.799. The highest BCUT2D eigenvalue weighted by atomic mass is 35.5. The summed E-state index contributed by atoms with van der Waals surface area (Å²) in [5.74, 6) is 2.68. The van der Waals surface area contributed by atoms with Crippen molar-refractivity contribution in [1.29, 1.82) is 0 Å². The molecule has 0 spiro atoms. The number of nitrogens with one attached hydrogen (secondary N) is 1. The van der Waals surface area contributed by atoms with Gasteiger partial charge in [0.05, 0.1) is 10.9 Å². The second kappa shape index (κ2) is 4.74. The van der Waals surface area contributed by atoms with Gasteiger partial charge >= 0.3 is 0 Å². The Labute approximate surface area is 114 Å². The zero-order chi connectivity index (χ0) is 12.5. The Balaban J connectivity index is 1.71. The highest BCUT2D eigenvalue weighted by Gasteiger charge is 2.27. The van der Waals surface area contributed by atoms with Gasteiger partial charge in [-0.05, 0) is 25.0 Å². The van der Waals surface area contributed by atoms with E-state index in [-0.39, 0.29) is 0 Å². The van der Waals surface area contributed by atoms with Crippen LogP contribution in [0.15, 0.2) is 18.2 Å². The molecule has 0 bridgehead atoms. The molecular formula is C12H13ClN4S. The van der Waals surface area contributed by atoms with Crippen molar-refractivity contribution in [3.8, 4) is 0 Å². The van der Waals surface area contributed by atoms with Crippen molar-refractivity contribution < 1.29 is 0 Å². The van der Waals surface area contributed by atoms with Gasteiger partial charge in [-0.25, -0.2) is 9.97 Å². The summed E-state index contributed by atoms with van der Waals surface area (Å²) in [7, 11) is 0. The molecule has 1 aliphatic carbocycles. The number of rotatable bonds is 4. The molecule has 2 aromatic heterocycles. The molecule has 3 N–H and O–H groups in total. The van der Waals surface area contributed by atoms with E-state index in [0.29, 0.717) is 18.3 Å². The van der Waals surface area contributed by atoms with E-state index in [9.17, 15) is 0 Å². The molecule has 0 amide bonds. The molecule has 1 aliphatic rings. The van der Waals surface area contributed by atoms with Gasteiger partial charge in [0.25, 0.3) is 0 Å². The van der Waals surface area contributed by atoms with E-state index in [2.05, 4.69) is 15.3 Å². The van der Waals surface area contributed by atoms with E-state index in [0.717, 1.165) is 16.0 Å². The first-order valence-electron chi connectivity index (χ1n) is 5.83. The molecule has 0 aromatic carbocycles. The normalized spacial score (nSPS) is 14.7. The Kier molecular flexibility index (Phi) is 3.09. The van der Waals surface area contributed by atoms with Gasteiger partial charge in [0.2, 0.25) is 0 Å². The molecule has 1 fully saturated rings. The maximum atomic E-state index is 5.89. The lowest BCUT2D eigenvalue weighted by molar-refractivity contribution is 0.927. The standard InChI is InChI=1S/C12H13ClN4S/c13-9-4-3-8(18-9)6-15-11-5-10(14)16-12(17-11)7-1-2-7/h3-5,7H,1-2,6H2,(H3,14,15,16,17). The summed E-state index contributed by atoms with van der Waals surface area (Å²) in [6.07, 6.45) is 2.34. The van der Waals surface area contributed by atoms with Crippen LogP contribution in [0.4, 0.5) is 11.6 Å². The van der Waals surface area contributed by atoms with Crippen molar-refractivity contribution in [3.05, 3.63) is 33.2 Å². The number of halogens is 1. The van der Waals surface area contributed by atoms with Gasteiger partial charge in [0, 0.05) is 16.9 Å². The monoisotopic (exact) mass is 280 g/mol. The summed E-state index contributed by atoms with van der Waals surface area (Å²) in [5, 5.41) is 3.26. The SMILES string of the molecule is Nc1cc(NCc2ccc(Cl)s2)nc(C2CC2)n1. The van der Waals surface area contributed by atoms with Gasteiger partial charge in [-0.3, -0.25) is 0 Å². The number of hydrogen-bond donors (Lipinski definition) is 2. The number of thiophene rings is 1. The molecule has 0 radical (unpaired) electrons. The number of hydrogen-bond acceptors (Lipinski definition) is 5. The van der Waals surface area contributed by atoms with Crippen LogP contribution in [0.1, 0.15) is 29.5 Å². The molecule has 2 heterocycles. The van der Waals surface area contributed by atoms with Crippen LogP contribution in [-0.2, 0) is 6.54 Å². The molecule has 4 nitrogen and oxygen atoms in total. The minimum absolute atomic E-state index is 0.505. The largest absolute Gasteiger partial charge is 0.384 e. The number of aromatic nitrogens is 2. The summed E-state index contributed by atoms with van der Waals surface area (Å²) in [4.78, 5) is 9.92. The van der Waals surface area contributed by atoms with Crippen LogP contribution in [0.2, 0.25) is 4.34 Å². The summed E-state index contributed by atoms with van der Waals surface area (Å²) in [6.45, 7) is 0.706. The van der Waals surface area contributed by atoms with Crippen molar-refractivity contribution in [2.45, 2.75) is 25.3 Å². The topological polar surface area (TPSA) is 63.8 Å². The predicted octanol–water partition coefficient (Wildman–Crippen LogP) is 3.26. The van der Waals surface area contributed by atoms with Crippen molar-refractivity contribution in [2.75, 3.05) is 11.1 Å². The number of anilines is 2. The molecule has 3 rings (SSSR count). The van der Waals surface area contributed by atoms with Gasteiger partial charge in [0.1, 0.15) is 17.5 Å². The first kappa shape index (κ1) is 11.7. The van der Waals surface area contributed by atoms with E-state index in [1.807, 2.05) is 12.1 Å². The zero-order valence-corrected chi connectivity index (χ0v) is 11.3. The maximum absolute atomic E-state index is 5.89. The minimum Gasteiger partial charge on any atom is -0.384 e. The second-order valence-electron chi connectivity index (χ2n) is 4.37. The lowest BCUT2D eigenvalue weighted by Gasteiger charge is -2.06. The first-order chi connectivity index (χ1) is 8.70. The molecule has 0 saturated heterocycles. The highest BCUT2D eigenvalue weighted by Crippen LogP contribution is 2.38. The van der Waals surface area contributed by atoms with Crippen molar-refractivity contribution in [3.63, 3.8) is 0 Å². The molecule has 0 unspecified atom stereocenters. The molecule has 2 aromatic rings. The highest BCUT2D eigenvalue weighted by molar-refractivity contribution is 7.16. The second-order valence-corrected chi connectivity index (χ2v) is 6.17. The average molecular weight is 281 g/mol. The van der Waals surface area contributed by atoms with Gasteiger partial charge < -0.3 is 11.1 Å². The van der Waals surface area contributed by atoms with Gasteiger partial charge in [-0.2, -0.15) is 0 Å². The number of nitrogens with zero attached hydrogens (tertiary/aromatic N) is 2. The maximum Gasteiger partial charge on any atom is 0.136 e. The molecule has 0 atom stereocenters. The summed E-state index contributed by atoms with van der Waals surface area (Å²) in [5.41, 5.74) is 5.79. The van der Waals surface area contributed by atoms with Crippen LogP contribution in [0, 0.1) is 0 Å². The van der Waals surface area contributed by atoms with Crippen LogP contribution < -0.4 is 11.1 Å². The fourth-order valence-electron chi connectivity index (χ4n) is 1.72. The van der Waals surface area contributed by atoms with Crippen LogP contribution in [0.25, 0.3) is 0 Å². The van der Waals surface area contributed by atoms with Gasteiger partial charge in [0.15, 0.2) is 0 Å². The van der Waals surface area contributed by atoms with Crippen molar-refractivity contribution in [1.82, 2.24) is 9.97 Å². The lowest BCUT2D eigenvalue weighted by atomic mass is 10.3. The van der Waals surface area contributed by atoms with Crippen LogP contribution in [0.3, 0.4) is 0 Å². The Morgan fingerprint density at radius 2 is 2.22 bits per heavy atom. The lowest BCUT2D eigenvalue weighted by Crippen LogP contribution is -2.05. The summed E-state index contributed by atoms with van der Waals surface area (Å²) >= 11 is 7.45.